The van der Waals surface area contributed by atoms with Gasteiger partial charge in [0, 0.05) is 0 Å². The summed E-state index contributed by atoms with van der Waals surface area (Å²) in [7, 11) is -1.96. The molecule has 0 spiro atoms. The fourth-order valence-electron chi connectivity index (χ4n) is 2.31. The lowest BCUT2D eigenvalue weighted by Crippen LogP contribution is -2.43. The van der Waals surface area contributed by atoms with Crippen molar-refractivity contribution in [2.75, 3.05) is 6.61 Å². The van der Waals surface area contributed by atoms with E-state index in [1.165, 1.54) is 0 Å². The molecule has 3 nitrogen and oxygen atoms in total. The van der Waals surface area contributed by atoms with E-state index in [4.69, 9.17) is 9.16 Å². The van der Waals surface area contributed by atoms with Crippen LogP contribution in [0.5, 0.6) is 0 Å². The second-order valence-electron chi connectivity index (χ2n) is 7.27. The Labute approximate surface area is 128 Å². The molecular formula is C17H26O3Si. The van der Waals surface area contributed by atoms with Crippen LogP contribution in [0.3, 0.4) is 0 Å². The summed E-state index contributed by atoms with van der Waals surface area (Å²) in [4.78, 5) is 12.0. The van der Waals surface area contributed by atoms with E-state index in [0.717, 1.165) is 12.0 Å². The minimum absolute atomic E-state index is 0.114. The van der Waals surface area contributed by atoms with Gasteiger partial charge in [-0.05, 0) is 30.1 Å². The lowest BCUT2D eigenvalue weighted by atomic mass is 9.95. The number of hydrogen-bond donors (Lipinski definition) is 0. The highest BCUT2D eigenvalue weighted by molar-refractivity contribution is 6.74. The average molecular weight is 306 g/mol. The largest absolute Gasteiger partial charge is 0.465 e. The highest BCUT2D eigenvalue weighted by Crippen LogP contribution is 2.43. The standard InChI is InChI=1S/C17H26O3Si/c1-17(2,3)21(4,5)20-15(13-9-7-6-8-10-13)14-11-12-19-16(14)18/h6-10,14-15H,11-12H2,1-5H3. The third kappa shape index (κ3) is 3.55. The Balaban J connectivity index is 2.31. The topological polar surface area (TPSA) is 35.5 Å². The maximum Gasteiger partial charge on any atom is 0.312 e. The molecule has 0 aromatic heterocycles. The van der Waals surface area contributed by atoms with Crippen molar-refractivity contribution < 1.29 is 14.0 Å². The average Bonchev–Trinajstić information content (AvgIpc) is 2.82. The monoisotopic (exact) mass is 306 g/mol. The summed E-state index contributed by atoms with van der Waals surface area (Å²) in [6, 6.07) is 10.1. The van der Waals surface area contributed by atoms with Gasteiger partial charge in [-0.3, -0.25) is 4.79 Å². The molecule has 1 aliphatic heterocycles. The van der Waals surface area contributed by atoms with E-state index in [9.17, 15) is 4.79 Å². The normalized spacial score (nSPS) is 21.2. The number of carbonyl (C=O) groups is 1. The van der Waals surface area contributed by atoms with E-state index < -0.39 is 8.32 Å². The van der Waals surface area contributed by atoms with Crippen LogP contribution in [0.4, 0.5) is 0 Å². The molecule has 1 saturated heterocycles. The van der Waals surface area contributed by atoms with Crippen LogP contribution in [0.15, 0.2) is 30.3 Å². The predicted molar refractivity (Wildman–Crippen MR) is 86.5 cm³/mol. The Morgan fingerprint density at radius 2 is 1.86 bits per heavy atom. The highest BCUT2D eigenvalue weighted by atomic mass is 28.4. The van der Waals surface area contributed by atoms with Gasteiger partial charge in [0.15, 0.2) is 8.32 Å². The van der Waals surface area contributed by atoms with Gasteiger partial charge in [-0.25, -0.2) is 0 Å². The van der Waals surface area contributed by atoms with Crippen LogP contribution in [0, 0.1) is 5.92 Å². The molecule has 1 aliphatic rings. The zero-order valence-corrected chi connectivity index (χ0v) is 14.7. The number of carbonyl (C=O) groups excluding carboxylic acids is 1. The second-order valence-corrected chi connectivity index (χ2v) is 12.0. The number of ether oxygens (including phenoxy) is 1. The van der Waals surface area contributed by atoms with Crippen molar-refractivity contribution in [3.8, 4) is 0 Å². The molecule has 2 rings (SSSR count). The van der Waals surface area contributed by atoms with Crippen LogP contribution >= 0.6 is 0 Å². The van der Waals surface area contributed by atoms with Gasteiger partial charge in [-0.1, -0.05) is 51.1 Å². The fraction of sp³-hybridized carbons (Fsp3) is 0.588. The SMILES string of the molecule is CC(C)(C)[Si](C)(C)OC(c1ccccc1)C1CCOC1=O. The zero-order chi connectivity index (χ0) is 15.7. The first-order valence-corrected chi connectivity index (χ1v) is 10.5. The summed E-state index contributed by atoms with van der Waals surface area (Å²) in [5.41, 5.74) is 1.08. The molecular weight excluding hydrogens is 280 g/mol. The molecule has 116 valence electrons. The van der Waals surface area contributed by atoms with Gasteiger partial charge in [-0.2, -0.15) is 0 Å². The second kappa shape index (κ2) is 5.93. The van der Waals surface area contributed by atoms with Crippen LogP contribution in [-0.2, 0) is 14.0 Å². The van der Waals surface area contributed by atoms with Gasteiger partial charge in [0.2, 0.25) is 0 Å². The maximum atomic E-state index is 12.0. The molecule has 0 saturated carbocycles. The Bertz CT molecular complexity index is 491. The molecule has 4 heteroatoms. The molecule has 1 aromatic rings. The lowest BCUT2D eigenvalue weighted by Gasteiger charge is -2.40. The van der Waals surface area contributed by atoms with E-state index in [2.05, 4.69) is 33.9 Å². The quantitative estimate of drug-likeness (QED) is 0.614. The summed E-state index contributed by atoms with van der Waals surface area (Å²) < 4.78 is 11.7. The molecule has 2 unspecified atom stereocenters. The van der Waals surface area contributed by atoms with Crippen molar-refractivity contribution in [3.63, 3.8) is 0 Å². The van der Waals surface area contributed by atoms with Gasteiger partial charge in [0.1, 0.15) is 0 Å². The van der Waals surface area contributed by atoms with Gasteiger partial charge < -0.3 is 9.16 Å². The summed E-state index contributed by atoms with van der Waals surface area (Å²) >= 11 is 0. The Kier molecular flexibility index (Phi) is 4.59. The summed E-state index contributed by atoms with van der Waals surface area (Å²) in [6.45, 7) is 11.6. The first-order valence-electron chi connectivity index (χ1n) is 7.62. The van der Waals surface area contributed by atoms with Crippen LogP contribution < -0.4 is 0 Å². The van der Waals surface area contributed by atoms with Gasteiger partial charge in [0.05, 0.1) is 18.6 Å². The molecule has 0 radical (unpaired) electrons. The van der Waals surface area contributed by atoms with E-state index >= 15 is 0 Å². The Hall–Kier alpha value is -1.13. The van der Waals surface area contributed by atoms with Crippen molar-refractivity contribution in [2.45, 2.75) is 51.4 Å². The number of esters is 1. The minimum atomic E-state index is -1.96. The minimum Gasteiger partial charge on any atom is -0.465 e. The van der Waals surface area contributed by atoms with Crippen LogP contribution in [0.25, 0.3) is 0 Å². The molecule has 1 fully saturated rings. The number of benzene rings is 1. The number of hydrogen-bond acceptors (Lipinski definition) is 3. The van der Waals surface area contributed by atoms with Crippen molar-refractivity contribution in [1.29, 1.82) is 0 Å². The van der Waals surface area contributed by atoms with Gasteiger partial charge >= 0.3 is 5.97 Å². The maximum absolute atomic E-state index is 12.0. The van der Waals surface area contributed by atoms with Crippen molar-refractivity contribution >= 4 is 14.3 Å². The molecule has 0 N–H and O–H groups in total. The molecule has 2 atom stereocenters. The summed E-state index contributed by atoms with van der Waals surface area (Å²) in [6.07, 6.45) is 0.551. The fourth-order valence-corrected chi connectivity index (χ4v) is 3.59. The lowest BCUT2D eigenvalue weighted by molar-refractivity contribution is -0.143. The first kappa shape index (κ1) is 16.2. The molecule has 0 aliphatic carbocycles. The number of rotatable bonds is 4. The summed E-state index contributed by atoms with van der Waals surface area (Å²) in [5.74, 6) is -0.302. The Morgan fingerprint density at radius 1 is 1.24 bits per heavy atom. The van der Waals surface area contributed by atoms with Crippen molar-refractivity contribution in [2.24, 2.45) is 5.92 Å². The van der Waals surface area contributed by atoms with Crippen LogP contribution in [-0.4, -0.2) is 20.9 Å². The molecule has 0 bridgehead atoms. The van der Waals surface area contributed by atoms with E-state index in [1.807, 2.05) is 30.3 Å². The third-order valence-corrected chi connectivity index (χ3v) is 9.15. The van der Waals surface area contributed by atoms with Crippen molar-refractivity contribution in [3.05, 3.63) is 35.9 Å². The van der Waals surface area contributed by atoms with Crippen LogP contribution in [0.2, 0.25) is 18.1 Å². The highest BCUT2D eigenvalue weighted by Gasteiger charge is 2.44. The smallest absolute Gasteiger partial charge is 0.312 e. The molecule has 0 amide bonds. The zero-order valence-electron chi connectivity index (χ0n) is 13.7. The predicted octanol–water partition coefficient (Wildman–Crippen LogP) is 4.31. The Morgan fingerprint density at radius 3 is 2.33 bits per heavy atom. The van der Waals surface area contributed by atoms with Gasteiger partial charge in [-0.15, -0.1) is 0 Å². The van der Waals surface area contributed by atoms with E-state index in [0.29, 0.717) is 6.61 Å². The van der Waals surface area contributed by atoms with Crippen LogP contribution in [0.1, 0.15) is 38.9 Å². The molecule has 21 heavy (non-hydrogen) atoms. The number of cyclic esters (lactones) is 1. The first-order chi connectivity index (χ1) is 9.72. The third-order valence-electron chi connectivity index (χ3n) is 4.70. The van der Waals surface area contributed by atoms with E-state index in [-0.39, 0.29) is 23.0 Å². The molecule has 1 heterocycles. The summed E-state index contributed by atoms with van der Waals surface area (Å²) in [5, 5.41) is 0.114. The van der Waals surface area contributed by atoms with Gasteiger partial charge in [0.25, 0.3) is 0 Å². The molecule has 1 aromatic carbocycles. The van der Waals surface area contributed by atoms with Crippen molar-refractivity contribution in [1.82, 2.24) is 0 Å². The van der Waals surface area contributed by atoms with E-state index in [1.54, 1.807) is 0 Å².